The Morgan fingerprint density at radius 1 is 1.39 bits per heavy atom. The van der Waals surface area contributed by atoms with Crippen molar-refractivity contribution in [3.8, 4) is 5.75 Å². The number of hydrogen-bond donors (Lipinski definition) is 2. The average molecular weight is 247 g/mol. The zero-order chi connectivity index (χ0) is 13.1. The molecule has 1 aromatic heterocycles. The quantitative estimate of drug-likeness (QED) is 0.812. The van der Waals surface area contributed by atoms with Gasteiger partial charge in [0.25, 0.3) is 0 Å². The normalized spacial score (nSPS) is 10.4. The summed E-state index contributed by atoms with van der Waals surface area (Å²) in [5.74, 6) is 2.23. The zero-order valence-electron chi connectivity index (χ0n) is 10.8. The van der Waals surface area contributed by atoms with Gasteiger partial charge in [-0.05, 0) is 26.0 Å². The molecule has 0 radical (unpaired) electrons. The van der Waals surface area contributed by atoms with E-state index in [-0.39, 0.29) is 0 Å². The van der Waals surface area contributed by atoms with Crippen LogP contribution in [0.1, 0.15) is 17.3 Å². The minimum absolute atomic E-state index is 0.505. The Kier molecular flexibility index (Phi) is 3.41. The summed E-state index contributed by atoms with van der Waals surface area (Å²) in [5, 5.41) is 3.18. The number of nitrogens with two attached hydrogens (primary N) is 1. The van der Waals surface area contributed by atoms with E-state index in [4.69, 9.17) is 14.9 Å². The maximum absolute atomic E-state index is 5.90. The Morgan fingerprint density at radius 2 is 2.17 bits per heavy atom. The van der Waals surface area contributed by atoms with Gasteiger partial charge < -0.3 is 20.2 Å². The summed E-state index contributed by atoms with van der Waals surface area (Å²) in [5.41, 5.74) is 8.29. The molecular weight excluding hydrogens is 230 g/mol. The number of aryl methyl sites for hydroxylation is 2. The molecule has 0 aliphatic rings. The number of nitrogens with zero attached hydrogens (tertiary/aromatic N) is 1. The van der Waals surface area contributed by atoms with Crippen LogP contribution in [-0.2, 0) is 6.54 Å². The van der Waals surface area contributed by atoms with Crippen molar-refractivity contribution in [3.63, 3.8) is 0 Å². The van der Waals surface area contributed by atoms with Gasteiger partial charge in [0, 0.05) is 6.07 Å². The molecule has 0 fully saturated rings. The Hall–Kier alpha value is -2.17. The molecule has 0 bridgehead atoms. The Morgan fingerprint density at radius 3 is 2.72 bits per heavy atom. The predicted octanol–water partition coefficient (Wildman–Crippen LogP) is 2.49. The van der Waals surface area contributed by atoms with Crippen LogP contribution < -0.4 is 15.8 Å². The van der Waals surface area contributed by atoms with Crippen LogP contribution in [0.25, 0.3) is 0 Å². The molecule has 1 heterocycles. The second-order valence-corrected chi connectivity index (χ2v) is 4.06. The van der Waals surface area contributed by atoms with E-state index in [9.17, 15) is 0 Å². The lowest BCUT2D eigenvalue weighted by Gasteiger charge is -2.08. The maximum atomic E-state index is 5.90. The van der Waals surface area contributed by atoms with Crippen LogP contribution in [0.15, 0.2) is 22.6 Å². The first-order valence-corrected chi connectivity index (χ1v) is 5.70. The van der Waals surface area contributed by atoms with Crippen molar-refractivity contribution in [3.05, 3.63) is 35.5 Å². The topological polar surface area (TPSA) is 73.3 Å². The van der Waals surface area contributed by atoms with E-state index >= 15 is 0 Å². The number of benzene rings is 1. The fourth-order valence-electron chi connectivity index (χ4n) is 1.61. The molecule has 18 heavy (non-hydrogen) atoms. The summed E-state index contributed by atoms with van der Waals surface area (Å²) >= 11 is 0. The van der Waals surface area contributed by atoms with Crippen LogP contribution in [0.2, 0.25) is 0 Å². The Labute approximate surface area is 106 Å². The predicted molar refractivity (Wildman–Crippen MR) is 70.7 cm³/mol. The van der Waals surface area contributed by atoms with Crippen LogP contribution in [-0.4, -0.2) is 12.1 Å². The molecule has 0 unspecified atom stereocenters. The second kappa shape index (κ2) is 5.00. The van der Waals surface area contributed by atoms with Crippen molar-refractivity contribution >= 4 is 11.4 Å². The van der Waals surface area contributed by atoms with E-state index in [0.717, 1.165) is 22.9 Å². The van der Waals surface area contributed by atoms with Crippen LogP contribution in [0.4, 0.5) is 11.4 Å². The van der Waals surface area contributed by atoms with E-state index in [2.05, 4.69) is 10.3 Å². The summed E-state index contributed by atoms with van der Waals surface area (Å²) in [4.78, 5) is 4.29. The van der Waals surface area contributed by atoms with E-state index in [1.165, 1.54) is 0 Å². The second-order valence-electron chi connectivity index (χ2n) is 4.06. The molecule has 2 rings (SSSR count). The van der Waals surface area contributed by atoms with Crippen LogP contribution in [0.3, 0.4) is 0 Å². The van der Waals surface area contributed by atoms with Crippen LogP contribution in [0, 0.1) is 13.8 Å². The standard InChI is InChI=1S/C13H17N3O2/c1-8-9(2)18-13(16-8)7-15-12-5-4-10(17-3)6-11(12)14/h4-6,15H,7,14H2,1-3H3. The molecule has 5 nitrogen and oxygen atoms in total. The monoisotopic (exact) mass is 247 g/mol. The number of anilines is 2. The summed E-state index contributed by atoms with van der Waals surface area (Å²) in [6.07, 6.45) is 0. The van der Waals surface area contributed by atoms with E-state index < -0.39 is 0 Å². The molecule has 0 amide bonds. The number of rotatable bonds is 4. The number of aromatic nitrogens is 1. The lowest BCUT2D eigenvalue weighted by atomic mass is 10.2. The fraction of sp³-hybridized carbons (Fsp3) is 0.308. The first-order valence-electron chi connectivity index (χ1n) is 5.70. The number of oxazole rings is 1. The average Bonchev–Trinajstić information content (AvgIpc) is 2.67. The molecule has 2 aromatic rings. The van der Waals surface area contributed by atoms with Crippen molar-refractivity contribution in [1.29, 1.82) is 0 Å². The molecule has 0 saturated carbocycles. The van der Waals surface area contributed by atoms with Crippen LogP contribution >= 0.6 is 0 Å². The summed E-state index contributed by atoms with van der Waals surface area (Å²) in [6.45, 7) is 4.32. The minimum atomic E-state index is 0.505. The highest BCUT2D eigenvalue weighted by Crippen LogP contribution is 2.24. The molecule has 0 spiro atoms. The van der Waals surface area contributed by atoms with Gasteiger partial charge in [-0.15, -0.1) is 0 Å². The molecule has 1 aromatic carbocycles. The molecule has 0 saturated heterocycles. The molecule has 0 aliphatic carbocycles. The van der Waals surface area contributed by atoms with Crippen molar-refractivity contribution in [2.24, 2.45) is 0 Å². The van der Waals surface area contributed by atoms with Crippen molar-refractivity contribution in [1.82, 2.24) is 4.98 Å². The largest absolute Gasteiger partial charge is 0.497 e. The minimum Gasteiger partial charge on any atom is -0.497 e. The molecule has 0 aliphatic heterocycles. The smallest absolute Gasteiger partial charge is 0.213 e. The molecular formula is C13H17N3O2. The first-order chi connectivity index (χ1) is 8.60. The van der Waals surface area contributed by atoms with Gasteiger partial charge in [-0.3, -0.25) is 0 Å². The maximum Gasteiger partial charge on any atom is 0.213 e. The van der Waals surface area contributed by atoms with Gasteiger partial charge in [0.15, 0.2) is 0 Å². The number of ether oxygens (including phenoxy) is 1. The number of nitrogens with one attached hydrogen (secondary N) is 1. The molecule has 96 valence electrons. The number of hydrogen-bond acceptors (Lipinski definition) is 5. The third-order valence-electron chi connectivity index (χ3n) is 2.76. The molecule has 0 atom stereocenters. The van der Waals surface area contributed by atoms with Crippen molar-refractivity contribution in [2.75, 3.05) is 18.2 Å². The summed E-state index contributed by atoms with van der Waals surface area (Å²) < 4.78 is 10.6. The Balaban J connectivity index is 2.06. The van der Waals surface area contributed by atoms with Gasteiger partial charge in [0.05, 0.1) is 30.7 Å². The zero-order valence-corrected chi connectivity index (χ0v) is 10.8. The Bertz CT molecular complexity index is 530. The molecule has 3 N–H and O–H groups in total. The van der Waals surface area contributed by atoms with Gasteiger partial charge in [-0.2, -0.15) is 0 Å². The summed E-state index contributed by atoms with van der Waals surface area (Å²) in [7, 11) is 1.61. The van der Waals surface area contributed by atoms with Gasteiger partial charge in [-0.25, -0.2) is 4.98 Å². The third kappa shape index (κ3) is 2.56. The van der Waals surface area contributed by atoms with Crippen molar-refractivity contribution in [2.45, 2.75) is 20.4 Å². The lowest BCUT2D eigenvalue weighted by molar-refractivity contribution is 0.415. The van der Waals surface area contributed by atoms with Gasteiger partial charge >= 0.3 is 0 Å². The highest BCUT2D eigenvalue weighted by molar-refractivity contribution is 5.68. The van der Waals surface area contributed by atoms with Crippen LogP contribution in [0.5, 0.6) is 5.75 Å². The SMILES string of the molecule is COc1ccc(NCc2nc(C)c(C)o2)c(N)c1. The first kappa shape index (κ1) is 12.3. The third-order valence-corrected chi connectivity index (χ3v) is 2.76. The van der Waals surface area contributed by atoms with Gasteiger partial charge in [0.2, 0.25) is 5.89 Å². The fourth-order valence-corrected chi connectivity index (χ4v) is 1.61. The highest BCUT2D eigenvalue weighted by Gasteiger charge is 2.06. The van der Waals surface area contributed by atoms with E-state index in [1.807, 2.05) is 26.0 Å². The number of methoxy groups -OCH3 is 1. The van der Waals surface area contributed by atoms with E-state index in [0.29, 0.717) is 18.1 Å². The van der Waals surface area contributed by atoms with Gasteiger partial charge in [0.1, 0.15) is 11.5 Å². The van der Waals surface area contributed by atoms with E-state index in [1.54, 1.807) is 13.2 Å². The van der Waals surface area contributed by atoms with Gasteiger partial charge in [-0.1, -0.05) is 0 Å². The number of nitrogen functional groups attached to an aromatic ring is 1. The summed E-state index contributed by atoms with van der Waals surface area (Å²) in [6, 6.07) is 5.50. The van der Waals surface area contributed by atoms with Crippen molar-refractivity contribution < 1.29 is 9.15 Å². The molecule has 5 heteroatoms. The lowest BCUT2D eigenvalue weighted by Crippen LogP contribution is -2.03. The highest BCUT2D eigenvalue weighted by atomic mass is 16.5.